The lowest BCUT2D eigenvalue weighted by molar-refractivity contribution is -0.143. The maximum Gasteiger partial charge on any atom is 0.334 e. The van der Waals surface area contributed by atoms with Crippen LogP contribution in [0.15, 0.2) is 24.3 Å². The van der Waals surface area contributed by atoms with Crippen molar-refractivity contribution >= 4 is 23.6 Å². The van der Waals surface area contributed by atoms with Crippen molar-refractivity contribution in [3.63, 3.8) is 0 Å². The molecule has 3 aliphatic rings. The van der Waals surface area contributed by atoms with Crippen LogP contribution in [0.25, 0.3) is 0 Å². The predicted molar refractivity (Wildman–Crippen MR) is 103 cm³/mol. The average molecular weight is 382 g/mol. The van der Waals surface area contributed by atoms with E-state index in [0.29, 0.717) is 11.5 Å². The highest BCUT2D eigenvalue weighted by molar-refractivity contribution is 6.45. The van der Waals surface area contributed by atoms with Gasteiger partial charge in [0.2, 0.25) is 0 Å². The van der Waals surface area contributed by atoms with Gasteiger partial charge in [0.25, 0.3) is 0 Å². The van der Waals surface area contributed by atoms with E-state index in [-0.39, 0.29) is 18.4 Å². The van der Waals surface area contributed by atoms with Crippen LogP contribution in [0.3, 0.4) is 0 Å². The molecule has 1 aromatic carbocycles. The van der Waals surface area contributed by atoms with Gasteiger partial charge in [0, 0.05) is 11.6 Å². The molecule has 1 aromatic rings. The van der Waals surface area contributed by atoms with Crippen molar-refractivity contribution in [2.75, 3.05) is 6.54 Å². The van der Waals surface area contributed by atoms with Gasteiger partial charge in [-0.1, -0.05) is 56.4 Å². The normalized spacial score (nSPS) is 21.8. The van der Waals surface area contributed by atoms with Crippen LogP contribution in [-0.4, -0.2) is 46.0 Å². The number of ketones is 1. The first-order valence-corrected chi connectivity index (χ1v) is 10.4. The number of Topliss-reactive ketones (excluding diaryl/α,β-unsaturated/α-hetero) is 1. The largest absolute Gasteiger partial charge is 0.334 e. The van der Waals surface area contributed by atoms with Gasteiger partial charge in [-0.3, -0.25) is 19.3 Å². The van der Waals surface area contributed by atoms with Crippen LogP contribution in [-0.2, 0) is 9.59 Å². The number of benzene rings is 1. The minimum Gasteiger partial charge on any atom is -0.292 e. The number of imide groups is 2. The zero-order chi connectivity index (χ0) is 19.7. The minimum absolute atomic E-state index is 0.209. The van der Waals surface area contributed by atoms with E-state index in [4.69, 9.17) is 0 Å². The van der Waals surface area contributed by atoms with Crippen molar-refractivity contribution in [2.45, 2.75) is 69.7 Å². The third-order valence-corrected chi connectivity index (χ3v) is 6.38. The summed E-state index contributed by atoms with van der Waals surface area (Å²) in [6.07, 6.45) is 9.51. The average Bonchev–Trinajstić information content (AvgIpc) is 3.32. The Bertz CT molecular complexity index is 789. The van der Waals surface area contributed by atoms with E-state index in [1.807, 2.05) is 12.1 Å². The zero-order valence-corrected chi connectivity index (χ0v) is 16.1. The number of hydrogen-bond acceptors (Lipinski definition) is 4. The predicted octanol–water partition coefficient (Wildman–Crippen LogP) is 3.65. The number of urea groups is 1. The Morgan fingerprint density at radius 2 is 1.43 bits per heavy atom. The van der Waals surface area contributed by atoms with Crippen LogP contribution in [0.5, 0.6) is 0 Å². The van der Waals surface area contributed by atoms with Crippen molar-refractivity contribution in [2.24, 2.45) is 0 Å². The van der Waals surface area contributed by atoms with Gasteiger partial charge in [-0.25, -0.2) is 9.69 Å². The molecule has 4 amide bonds. The van der Waals surface area contributed by atoms with E-state index in [0.717, 1.165) is 35.5 Å². The van der Waals surface area contributed by atoms with Gasteiger partial charge in [-0.2, -0.15) is 0 Å². The summed E-state index contributed by atoms with van der Waals surface area (Å²) in [5.41, 5.74) is 1.71. The molecule has 1 saturated heterocycles. The van der Waals surface area contributed by atoms with E-state index in [1.165, 1.54) is 37.7 Å². The van der Waals surface area contributed by atoms with E-state index < -0.39 is 17.8 Å². The molecule has 0 aromatic heterocycles. The lowest BCUT2D eigenvalue weighted by atomic mass is 9.84. The Morgan fingerprint density at radius 3 is 2.07 bits per heavy atom. The summed E-state index contributed by atoms with van der Waals surface area (Å²) in [6, 6.07) is 6.65. The van der Waals surface area contributed by atoms with Crippen LogP contribution in [0.4, 0.5) is 4.79 Å². The first-order valence-electron chi connectivity index (χ1n) is 10.4. The van der Waals surface area contributed by atoms with Crippen molar-refractivity contribution in [3.05, 3.63) is 35.4 Å². The molecular weight excluding hydrogens is 356 g/mol. The highest BCUT2D eigenvalue weighted by atomic mass is 16.2. The van der Waals surface area contributed by atoms with Gasteiger partial charge in [-0.15, -0.1) is 0 Å². The first kappa shape index (κ1) is 18.8. The second-order valence-corrected chi connectivity index (χ2v) is 8.17. The fourth-order valence-corrected chi connectivity index (χ4v) is 4.76. The van der Waals surface area contributed by atoms with Gasteiger partial charge in [0.1, 0.15) is 0 Å². The molecule has 148 valence electrons. The summed E-state index contributed by atoms with van der Waals surface area (Å²) >= 11 is 0. The SMILES string of the molecule is O=C(CN1C(=O)C(=O)N(C2CCCC2)C1=O)c1ccc(C2CCCCC2)cc1. The molecule has 0 N–H and O–H groups in total. The zero-order valence-electron chi connectivity index (χ0n) is 16.1. The number of rotatable bonds is 5. The first-order chi connectivity index (χ1) is 13.6. The second-order valence-electron chi connectivity index (χ2n) is 8.17. The van der Waals surface area contributed by atoms with Crippen LogP contribution >= 0.6 is 0 Å². The van der Waals surface area contributed by atoms with E-state index >= 15 is 0 Å². The molecular formula is C22H26N2O4. The third-order valence-electron chi connectivity index (χ3n) is 6.38. The number of carbonyl (C=O) groups is 4. The molecule has 6 nitrogen and oxygen atoms in total. The number of hydrogen-bond donors (Lipinski definition) is 0. The number of carbonyl (C=O) groups excluding carboxylic acids is 4. The lowest BCUT2D eigenvalue weighted by Gasteiger charge is -2.22. The third kappa shape index (κ3) is 3.48. The minimum atomic E-state index is -0.885. The fraction of sp³-hybridized carbons (Fsp3) is 0.545. The van der Waals surface area contributed by atoms with Crippen LogP contribution < -0.4 is 0 Å². The van der Waals surface area contributed by atoms with Crippen molar-refractivity contribution in [1.29, 1.82) is 0 Å². The number of nitrogens with zero attached hydrogens (tertiary/aromatic N) is 2. The second kappa shape index (κ2) is 7.86. The molecule has 6 heteroatoms. The highest BCUT2D eigenvalue weighted by Crippen LogP contribution is 2.32. The standard InChI is InChI=1S/C22H26N2O4/c25-19(17-12-10-16(11-13-17)15-6-2-1-3-7-15)14-23-20(26)21(27)24(22(23)28)18-8-4-5-9-18/h10-13,15,18H,1-9,14H2. The van der Waals surface area contributed by atoms with Gasteiger partial charge in [-0.05, 0) is 37.2 Å². The fourth-order valence-electron chi connectivity index (χ4n) is 4.76. The van der Waals surface area contributed by atoms with Gasteiger partial charge in [0.15, 0.2) is 5.78 Å². The quantitative estimate of drug-likeness (QED) is 0.443. The van der Waals surface area contributed by atoms with Crippen molar-refractivity contribution < 1.29 is 19.2 Å². The molecule has 0 atom stereocenters. The van der Waals surface area contributed by atoms with E-state index in [1.54, 1.807) is 12.1 Å². The molecule has 0 radical (unpaired) electrons. The summed E-state index contributed by atoms with van der Waals surface area (Å²) in [4.78, 5) is 51.6. The molecule has 3 fully saturated rings. The monoisotopic (exact) mass is 382 g/mol. The van der Waals surface area contributed by atoms with Gasteiger partial charge < -0.3 is 0 Å². The molecule has 2 aliphatic carbocycles. The molecule has 0 bridgehead atoms. The summed E-state index contributed by atoms with van der Waals surface area (Å²) in [7, 11) is 0. The van der Waals surface area contributed by atoms with Crippen LogP contribution in [0.1, 0.15) is 79.6 Å². The Balaban J connectivity index is 1.43. The Kier molecular flexibility index (Phi) is 5.29. The van der Waals surface area contributed by atoms with Crippen molar-refractivity contribution in [1.82, 2.24) is 9.80 Å². The van der Waals surface area contributed by atoms with Gasteiger partial charge >= 0.3 is 17.8 Å². The summed E-state index contributed by atoms with van der Waals surface area (Å²) < 4.78 is 0. The Hall–Kier alpha value is -2.50. The number of amides is 4. The molecule has 0 spiro atoms. The van der Waals surface area contributed by atoms with E-state index in [9.17, 15) is 19.2 Å². The molecule has 1 aliphatic heterocycles. The summed E-state index contributed by atoms with van der Waals surface area (Å²) in [5, 5.41) is 0. The van der Waals surface area contributed by atoms with Gasteiger partial charge in [0.05, 0.1) is 6.54 Å². The highest BCUT2D eigenvalue weighted by Gasteiger charge is 2.48. The summed E-state index contributed by atoms with van der Waals surface area (Å²) in [6.45, 7) is -0.380. The molecule has 4 rings (SSSR count). The van der Waals surface area contributed by atoms with Crippen LogP contribution in [0, 0.1) is 0 Å². The topological polar surface area (TPSA) is 74.8 Å². The maximum atomic E-state index is 12.6. The molecule has 2 saturated carbocycles. The van der Waals surface area contributed by atoms with Crippen LogP contribution in [0.2, 0.25) is 0 Å². The lowest BCUT2D eigenvalue weighted by Crippen LogP contribution is -2.41. The van der Waals surface area contributed by atoms with E-state index in [2.05, 4.69) is 0 Å². The Labute approximate surface area is 164 Å². The summed E-state index contributed by atoms with van der Waals surface area (Å²) in [5.74, 6) is -1.45. The molecule has 28 heavy (non-hydrogen) atoms. The molecule has 1 heterocycles. The van der Waals surface area contributed by atoms with Crippen molar-refractivity contribution in [3.8, 4) is 0 Å². The maximum absolute atomic E-state index is 12.6. The Morgan fingerprint density at radius 1 is 0.821 bits per heavy atom. The smallest absolute Gasteiger partial charge is 0.292 e. The molecule has 0 unspecified atom stereocenters.